The first-order chi connectivity index (χ1) is 5.70. The molecule has 0 aromatic heterocycles. The fourth-order valence-corrected chi connectivity index (χ4v) is 2.23. The van der Waals surface area contributed by atoms with Crippen molar-refractivity contribution in [3.8, 4) is 0 Å². The average molecular weight is 170 g/mol. The topological polar surface area (TPSA) is 40.5 Å². The minimum atomic E-state index is -1.11. The molecule has 2 N–H and O–H groups in total. The smallest absolute Gasteiger partial charge is 0.427 e. The maximum Gasteiger partial charge on any atom is 0.451 e. The third-order valence-electron chi connectivity index (χ3n) is 3.04. The monoisotopic (exact) mass is 170 g/mol. The summed E-state index contributed by atoms with van der Waals surface area (Å²) in [7, 11) is -1.11. The largest absolute Gasteiger partial charge is 0.451 e. The van der Waals surface area contributed by atoms with Crippen LogP contribution in [-0.2, 0) is 0 Å². The average Bonchev–Trinajstić information content (AvgIpc) is 2.05. The number of hydrogen-bond acceptors (Lipinski definition) is 2. The third kappa shape index (κ3) is 3.15. The van der Waals surface area contributed by atoms with E-state index >= 15 is 0 Å². The van der Waals surface area contributed by atoms with Gasteiger partial charge in [-0.25, -0.2) is 0 Å². The molecule has 0 aromatic rings. The molecule has 12 heavy (non-hydrogen) atoms. The molecule has 0 aromatic carbocycles. The summed E-state index contributed by atoms with van der Waals surface area (Å²) in [5, 5.41) is 17.6. The van der Waals surface area contributed by atoms with E-state index in [1.165, 1.54) is 32.1 Å². The lowest BCUT2D eigenvalue weighted by atomic mass is 9.70. The highest BCUT2D eigenvalue weighted by Crippen LogP contribution is 2.31. The summed E-state index contributed by atoms with van der Waals surface area (Å²) in [5.74, 6) is 1.21. The van der Waals surface area contributed by atoms with Crippen molar-refractivity contribution in [3.63, 3.8) is 0 Å². The number of rotatable bonds is 3. The summed E-state index contributed by atoms with van der Waals surface area (Å²) in [5.41, 5.74) is 0. The lowest BCUT2D eigenvalue weighted by Crippen LogP contribution is -2.22. The van der Waals surface area contributed by atoms with Gasteiger partial charge in [0.05, 0.1) is 0 Å². The van der Waals surface area contributed by atoms with E-state index in [9.17, 15) is 0 Å². The molecule has 0 aliphatic heterocycles. The first-order valence-electron chi connectivity index (χ1n) is 5.06. The molecule has 1 atom stereocenters. The minimum Gasteiger partial charge on any atom is -0.427 e. The van der Waals surface area contributed by atoms with Gasteiger partial charge in [0.2, 0.25) is 0 Å². The van der Waals surface area contributed by atoms with Gasteiger partial charge in [-0.15, -0.1) is 0 Å². The molecule has 3 heteroatoms. The van der Waals surface area contributed by atoms with Crippen molar-refractivity contribution in [1.29, 1.82) is 0 Å². The third-order valence-corrected chi connectivity index (χ3v) is 3.04. The second-order valence-electron chi connectivity index (χ2n) is 4.09. The zero-order valence-electron chi connectivity index (χ0n) is 7.87. The van der Waals surface area contributed by atoms with Gasteiger partial charge in [0.1, 0.15) is 0 Å². The maximum absolute atomic E-state index is 8.81. The Morgan fingerprint density at radius 3 is 2.33 bits per heavy atom. The van der Waals surface area contributed by atoms with Crippen LogP contribution in [0.1, 0.15) is 39.0 Å². The maximum atomic E-state index is 8.81. The second kappa shape index (κ2) is 4.88. The molecular formula is C9H19BO2. The summed E-state index contributed by atoms with van der Waals surface area (Å²) in [4.78, 5) is 0. The first kappa shape index (κ1) is 10.1. The zero-order valence-corrected chi connectivity index (χ0v) is 7.87. The first-order valence-corrected chi connectivity index (χ1v) is 5.06. The van der Waals surface area contributed by atoms with Gasteiger partial charge in [-0.3, -0.25) is 0 Å². The van der Waals surface area contributed by atoms with Gasteiger partial charge in [0.25, 0.3) is 0 Å². The van der Waals surface area contributed by atoms with Crippen LogP contribution in [0.2, 0.25) is 6.32 Å². The van der Waals surface area contributed by atoms with Crippen LogP contribution in [-0.4, -0.2) is 17.2 Å². The Kier molecular flexibility index (Phi) is 4.09. The van der Waals surface area contributed by atoms with Crippen LogP contribution in [0.4, 0.5) is 0 Å². The highest BCUT2D eigenvalue weighted by Gasteiger charge is 2.23. The Morgan fingerprint density at radius 2 is 1.83 bits per heavy atom. The minimum absolute atomic E-state index is 0.477. The molecule has 1 unspecified atom stereocenters. The van der Waals surface area contributed by atoms with E-state index < -0.39 is 7.12 Å². The van der Waals surface area contributed by atoms with Crippen LogP contribution in [0, 0.1) is 11.8 Å². The van der Waals surface area contributed by atoms with Crippen LogP contribution in [0.15, 0.2) is 0 Å². The van der Waals surface area contributed by atoms with Gasteiger partial charge < -0.3 is 10.0 Å². The van der Waals surface area contributed by atoms with Crippen molar-refractivity contribution in [2.45, 2.75) is 45.3 Å². The summed E-state index contributed by atoms with van der Waals surface area (Å²) < 4.78 is 0. The molecule has 1 aliphatic carbocycles. The van der Waals surface area contributed by atoms with Crippen LogP contribution in [0.3, 0.4) is 0 Å². The van der Waals surface area contributed by atoms with Gasteiger partial charge in [-0.2, -0.15) is 0 Å². The van der Waals surface area contributed by atoms with E-state index in [4.69, 9.17) is 10.0 Å². The molecule has 1 saturated carbocycles. The van der Waals surface area contributed by atoms with Gasteiger partial charge in [0, 0.05) is 0 Å². The van der Waals surface area contributed by atoms with Gasteiger partial charge in [0.15, 0.2) is 0 Å². The Balaban J connectivity index is 2.24. The van der Waals surface area contributed by atoms with E-state index in [1.54, 1.807) is 0 Å². The lowest BCUT2D eigenvalue weighted by Gasteiger charge is -2.27. The van der Waals surface area contributed by atoms with Crippen LogP contribution in [0.5, 0.6) is 0 Å². The molecule has 0 bridgehead atoms. The fourth-order valence-electron chi connectivity index (χ4n) is 2.23. The molecule has 0 amide bonds. The van der Waals surface area contributed by atoms with Crippen LogP contribution in [0.25, 0.3) is 0 Å². The summed E-state index contributed by atoms with van der Waals surface area (Å²) in [6.45, 7) is 2.13. The normalized spacial score (nSPS) is 22.2. The van der Waals surface area contributed by atoms with Crippen molar-refractivity contribution in [1.82, 2.24) is 0 Å². The van der Waals surface area contributed by atoms with E-state index in [2.05, 4.69) is 6.92 Å². The van der Waals surface area contributed by atoms with Gasteiger partial charge in [-0.05, 0) is 18.2 Å². The standard InChI is InChI=1S/C9H19BO2/c1-8(7-10(11)12)9-5-3-2-4-6-9/h8-9,11-12H,2-7H2,1H3. The van der Waals surface area contributed by atoms with Crippen molar-refractivity contribution in [3.05, 3.63) is 0 Å². The molecule has 0 spiro atoms. The fraction of sp³-hybridized carbons (Fsp3) is 1.00. The predicted octanol–water partition coefficient (Wildman–Crippen LogP) is 1.68. The Labute approximate surface area is 75.1 Å². The highest BCUT2D eigenvalue weighted by atomic mass is 16.4. The zero-order chi connectivity index (χ0) is 8.97. The van der Waals surface area contributed by atoms with E-state index in [0.29, 0.717) is 12.2 Å². The van der Waals surface area contributed by atoms with Crippen molar-refractivity contribution >= 4 is 7.12 Å². The van der Waals surface area contributed by atoms with Crippen molar-refractivity contribution in [2.75, 3.05) is 0 Å². The molecular weight excluding hydrogens is 151 g/mol. The molecule has 2 nitrogen and oxygen atoms in total. The summed E-state index contributed by atoms with van der Waals surface area (Å²) >= 11 is 0. The highest BCUT2D eigenvalue weighted by molar-refractivity contribution is 6.41. The second-order valence-corrected chi connectivity index (χ2v) is 4.09. The van der Waals surface area contributed by atoms with Crippen molar-refractivity contribution in [2.24, 2.45) is 11.8 Å². The Morgan fingerprint density at radius 1 is 1.25 bits per heavy atom. The SMILES string of the molecule is CC(CB(O)O)C1CCCCC1. The molecule has 0 radical (unpaired) electrons. The number of hydrogen-bond donors (Lipinski definition) is 2. The van der Waals surface area contributed by atoms with Crippen LogP contribution < -0.4 is 0 Å². The molecule has 1 aliphatic rings. The van der Waals surface area contributed by atoms with E-state index in [-0.39, 0.29) is 0 Å². The summed E-state index contributed by atoms with van der Waals surface area (Å²) in [6, 6.07) is 0. The van der Waals surface area contributed by atoms with Crippen molar-refractivity contribution < 1.29 is 10.0 Å². The van der Waals surface area contributed by atoms with E-state index in [0.717, 1.165) is 5.92 Å². The lowest BCUT2D eigenvalue weighted by molar-refractivity contribution is 0.265. The van der Waals surface area contributed by atoms with Gasteiger partial charge >= 0.3 is 7.12 Å². The molecule has 1 fully saturated rings. The van der Waals surface area contributed by atoms with E-state index in [1.807, 2.05) is 0 Å². The molecule has 0 heterocycles. The summed E-state index contributed by atoms with van der Waals surface area (Å²) in [6.07, 6.45) is 7.14. The Bertz CT molecular complexity index is 122. The van der Waals surface area contributed by atoms with Gasteiger partial charge in [-0.1, -0.05) is 39.0 Å². The molecule has 0 saturated heterocycles. The molecule has 70 valence electrons. The predicted molar refractivity (Wildman–Crippen MR) is 50.7 cm³/mol. The quantitative estimate of drug-likeness (QED) is 0.632. The Hall–Kier alpha value is -0.0151. The molecule has 1 rings (SSSR count). The van der Waals surface area contributed by atoms with Crippen LogP contribution >= 0.6 is 0 Å².